The fourth-order valence-corrected chi connectivity index (χ4v) is 2.89. The van der Waals surface area contributed by atoms with Crippen molar-refractivity contribution in [3.63, 3.8) is 0 Å². The van der Waals surface area contributed by atoms with Gasteiger partial charge in [-0.05, 0) is 67.8 Å². The molecular weight excluding hydrogens is 264 g/mol. The van der Waals surface area contributed by atoms with E-state index in [1.165, 1.54) is 0 Å². The molecule has 21 heavy (non-hydrogen) atoms. The number of benzene rings is 2. The molecule has 0 fully saturated rings. The van der Waals surface area contributed by atoms with Crippen molar-refractivity contribution < 1.29 is 9.90 Å². The SMILES string of the molecule is Cc1cc(C(=O)N2c3ccc(N)cc3CC2C)ccc1O. The van der Waals surface area contributed by atoms with Gasteiger partial charge in [0, 0.05) is 23.0 Å². The van der Waals surface area contributed by atoms with Crippen LogP contribution >= 0.6 is 0 Å². The largest absolute Gasteiger partial charge is 0.508 e. The highest BCUT2D eigenvalue weighted by Gasteiger charge is 2.31. The molecule has 1 atom stereocenters. The smallest absolute Gasteiger partial charge is 0.258 e. The molecule has 1 aliphatic rings. The summed E-state index contributed by atoms with van der Waals surface area (Å²) in [6, 6.07) is 10.7. The standard InChI is InChI=1S/C17H18N2O2/c1-10-7-12(3-6-16(10)20)17(21)19-11(2)8-13-9-14(18)4-5-15(13)19/h3-7,9,11,20H,8,18H2,1-2H3. The zero-order chi connectivity index (χ0) is 15.1. The Hall–Kier alpha value is -2.49. The third kappa shape index (κ3) is 2.23. The van der Waals surface area contributed by atoms with Gasteiger partial charge in [0.1, 0.15) is 5.75 Å². The molecule has 0 radical (unpaired) electrons. The van der Waals surface area contributed by atoms with E-state index in [1.54, 1.807) is 30.0 Å². The van der Waals surface area contributed by atoms with E-state index in [4.69, 9.17) is 5.73 Å². The van der Waals surface area contributed by atoms with Gasteiger partial charge in [-0.3, -0.25) is 4.79 Å². The molecule has 0 spiro atoms. The molecule has 1 heterocycles. The molecule has 0 saturated carbocycles. The summed E-state index contributed by atoms with van der Waals surface area (Å²) >= 11 is 0. The average Bonchev–Trinajstić information content (AvgIpc) is 2.76. The average molecular weight is 282 g/mol. The number of carbonyl (C=O) groups is 1. The Kier molecular flexibility index (Phi) is 3.09. The van der Waals surface area contributed by atoms with Gasteiger partial charge in [-0.15, -0.1) is 0 Å². The number of amides is 1. The maximum atomic E-state index is 12.8. The van der Waals surface area contributed by atoms with Crippen molar-refractivity contribution in [2.24, 2.45) is 0 Å². The second-order valence-electron chi connectivity index (χ2n) is 5.62. The Morgan fingerprint density at radius 3 is 2.76 bits per heavy atom. The Morgan fingerprint density at radius 1 is 1.29 bits per heavy atom. The Labute approximate surface area is 123 Å². The Balaban J connectivity index is 2.00. The molecule has 0 aromatic heterocycles. The first-order chi connectivity index (χ1) is 9.97. The second-order valence-corrected chi connectivity index (χ2v) is 5.62. The van der Waals surface area contributed by atoms with E-state index in [1.807, 2.05) is 25.1 Å². The lowest BCUT2D eigenvalue weighted by Crippen LogP contribution is -2.35. The summed E-state index contributed by atoms with van der Waals surface area (Å²) in [6.07, 6.45) is 0.809. The topological polar surface area (TPSA) is 66.6 Å². The fourth-order valence-electron chi connectivity index (χ4n) is 2.89. The number of hydrogen-bond acceptors (Lipinski definition) is 3. The summed E-state index contributed by atoms with van der Waals surface area (Å²) in [5.74, 6) is 0.156. The molecule has 108 valence electrons. The quantitative estimate of drug-likeness (QED) is 0.790. The molecule has 4 heteroatoms. The van der Waals surface area contributed by atoms with E-state index in [9.17, 15) is 9.90 Å². The van der Waals surface area contributed by atoms with E-state index in [-0.39, 0.29) is 17.7 Å². The van der Waals surface area contributed by atoms with Crippen LogP contribution in [0.1, 0.15) is 28.4 Å². The highest BCUT2D eigenvalue weighted by molar-refractivity contribution is 6.08. The van der Waals surface area contributed by atoms with Gasteiger partial charge in [0.2, 0.25) is 0 Å². The zero-order valence-corrected chi connectivity index (χ0v) is 12.1. The Morgan fingerprint density at radius 2 is 2.05 bits per heavy atom. The minimum atomic E-state index is -0.0471. The molecule has 0 aliphatic carbocycles. The Bertz CT molecular complexity index is 725. The molecule has 1 amide bonds. The maximum Gasteiger partial charge on any atom is 0.258 e. The first kappa shape index (κ1) is 13.5. The molecule has 3 N–H and O–H groups in total. The van der Waals surface area contributed by atoms with Crippen LogP contribution in [0, 0.1) is 6.92 Å². The number of anilines is 2. The summed E-state index contributed by atoms with van der Waals surface area (Å²) in [7, 11) is 0. The van der Waals surface area contributed by atoms with Crippen LogP contribution in [-0.2, 0) is 6.42 Å². The van der Waals surface area contributed by atoms with Gasteiger partial charge in [-0.2, -0.15) is 0 Å². The molecule has 4 nitrogen and oxygen atoms in total. The molecular formula is C17H18N2O2. The lowest BCUT2D eigenvalue weighted by Gasteiger charge is -2.23. The van der Waals surface area contributed by atoms with Crippen LogP contribution in [0.25, 0.3) is 0 Å². The van der Waals surface area contributed by atoms with E-state index in [0.717, 1.165) is 23.4 Å². The van der Waals surface area contributed by atoms with Crippen LogP contribution < -0.4 is 10.6 Å². The van der Waals surface area contributed by atoms with Gasteiger partial charge in [0.25, 0.3) is 5.91 Å². The number of nitrogens with zero attached hydrogens (tertiary/aromatic N) is 1. The number of nitrogen functional groups attached to an aromatic ring is 1. The lowest BCUT2D eigenvalue weighted by atomic mass is 10.1. The summed E-state index contributed by atoms with van der Waals surface area (Å²) < 4.78 is 0. The van der Waals surface area contributed by atoms with Crippen LogP contribution in [0.3, 0.4) is 0 Å². The lowest BCUT2D eigenvalue weighted by molar-refractivity contribution is 0.0981. The molecule has 2 aromatic carbocycles. The first-order valence-electron chi connectivity index (χ1n) is 6.99. The number of fused-ring (bicyclic) bond motifs is 1. The summed E-state index contributed by atoms with van der Waals surface area (Å²) in [5.41, 5.74) is 9.84. The van der Waals surface area contributed by atoms with Gasteiger partial charge in [0.05, 0.1) is 0 Å². The van der Waals surface area contributed by atoms with Crippen LogP contribution in [0.5, 0.6) is 5.75 Å². The summed E-state index contributed by atoms with van der Waals surface area (Å²) in [4.78, 5) is 14.6. The monoisotopic (exact) mass is 282 g/mol. The van der Waals surface area contributed by atoms with Crippen LogP contribution in [0.15, 0.2) is 36.4 Å². The predicted molar refractivity (Wildman–Crippen MR) is 83.7 cm³/mol. The van der Waals surface area contributed by atoms with Crippen molar-refractivity contribution in [2.45, 2.75) is 26.3 Å². The number of hydrogen-bond donors (Lipinski definition) is 2. The number of carbonyl (C=O) groups excluding carboxylic acids is 1. The molecule has 3 rings (SSSR count). The van der Waals surface area contributed by atoms with Crippen LogP contribution in [-0.4, -0.2) is 17.1 Å². The number of aromatic hydroxyl groups is 1. The number of nitrogens with two attached hydrogens (primary N) is 1. The maximum absolute atomic E-state index is 12.8. The summed E-state index contributed by atoms with van der Waals surface area (Å²) in [5, 5.41) is 9.59. The molecule has 2 aromatic rings. The predicted octanol–water partition coefficient (Wildman–Crippen LogP) is 2.87. The van der Waals surface area contributed by atoms with Crippen molar-refractivity contribution in [3.8, 4) is 5.75 Å². The third-order valence-electron chi connectivity index (χ3n) is 3.98. The third-order valence-corrected chi connectivity index (χ3v) is 3.98. The van der Waals surface area contributed by atoms with Crippen molar-refractivity contribution in [3.05, 3.63) is 53.1 Å². The van der Waals surface area contributed by atoms with Gasteiger partial charge < -0.3 is 15.7 Å². The number of phenols is 1. The highest BCUT2D eigenvalue weighted by Crippen LogP contribution is 2.35. The van der Waals surface area contributed by atoms with Gasteiger partial charge in [-0.1, -0.05) is 0 Å². The fraction of sp³-hybridized carbons (Fsp3) is 0.235. The van der Waals surface area contributed by atoms with E-state index in [0.29, 0.717) is 11.1 Å². The van der Waals surface area contributed by atoms with E-state index < -0.39 is 0 Å². The highest BCUT2D eigenvalue weighted by atomic mass is 16.3. The molecule has 1 unspecified atom stereocenters. The van der Waals surface area contributed by atoms with E-state index in [2.05, 4.69) is 0 Å². The van der Waals surface area contributed by atoms with Gasteiger partial charge in [0.15, 0.2) is 0 Å². The molecule has 1 aliphatic heterocycles. The van der Waals surface area contributed by atoms with Crippen LogP contribution in [0.4, 0.5) is 11.4 Å². The number of rotatable bonds is 1. The van der Waals surface area contributed by atoms with E-state index >= 15 is 0 Å². The minimum absolute atomic E-state index is 0.0471. The normalized spacial score (nSPS) is 16.9. The van der Waals surface area contributed by atoms with Crippen molar-refractivity contribution in [2.75, 3.05) is 10.6 Å². The molecule has 0 saturated heterocycles. The zero-order valence-electron chi connectivity index (χ0n) is 12.1. The van der Waals surface area contributed by atoms with Crippen LogP contribution in [0.2, 0.25) is 0 Å². The minimum Gasteiger partial charge on any atom is -0.508 e. The number of aryl methyl sites for hydroxylation is 1. The van der Waals surface area contributed by atoms with Gasteiger partial charge >= 0.3 is 0 Å². The van der Waals surface area contributed by atoms with Gasteiger partial charge in [-0.25, -0.2) is 0 Å². The summed E-state index contributed by atoms with van der Waals surface area (Å²) in [6.45, 7) is 3.82. The number of phenolic OH excluding ortho intramolecular Hbond substituents is 1. The second kappa shape index (κ2) is 4.81. The van der Waals surface area contributed by atoms with Crippen molar-refractivity contribution in [1.29, 1.82) is 0 Å². The molecule has 0 bridgehead atoms. The van der Waals surface area contributed by atoms with Crippen molar-refractivity contribution in [1.82, 2.24) is 0 Å². The first-order valence-corrected chi connectivity index (χ1v) is 6.99. The van der Waals surface area contributed by atoms with Crippen molar-refractivity contribution >= 4 is 17.3 Å².